The molecule has 0 atom stereocenters. The Labute approximate surface area is 110 Å². The minimum Gasteiger partial charge on any atom is -0.387 e. The van der Waals surface area contributed by atoms with E-state index in [-0.39, 0.29) is 5.91 Å². The molecule has 1 heterocycles. The monoisotopic (exact) mass is 261 g/mol. The number of hydrogen-bond acceptors (Lipinski definition) is 3. The van der Waals surface area contributed by atoms with E-state index in [4.69, 9.17) is 11.6 Å². The molecule has 0 fully saturated rings. The van der Waals surface area contributed by atoms with Crippen LogP contribution in [0.2, 0.25) is 5.15 Å². The molecule has 0 bridgehead atoms. The maximum absolute atomic E-state index is 12.1. The zero-order valence-corrected chi connectivity index (χ0v) is 10.5. The molecule has 0 aliphatic carbocycles. The Balaban J connectivity index is 2.22. The number of hydrogen-bond donors (Lipinski definition) is 2. The van der Waals surface area contributed by atoms with E-state index in [1.54, 1.807) is 37.4 Å². The fourth-order valence-corrected chi connectivity index (χ4v) is 1.72. The van der Waals surface area contributed by atoms with E-state index in [2.05, 4.69) is 15.6 Å². The molecule has 0 spiro atoms. The second-order valence-corrected chi connectivity index (χ2v) is 3.98. The molecule has 2 rings (SSSR count). The Morgan fingerprint density at radius 1 is 1.17 bits per heavy atom. The number of anilines is 2. The molecule has 2 aromatic rings. The molecule has 5 heteroatoms. The van der Waals surface area contributed by atoms with Gasteiger partial charge >= 0.3 is 0 Å². The van der Waals surface area contributed by atoms with E-state index in [9.17, 15) is 4.79 Å². The first-order valence-corrected chi connectivity index (χ1v) is 5.79. The molecule has 2 N–H and O–H groups in total. The molecule has 0 aliphatic rings. The van der Waals surface area contributed by atoms with Gasteiger partial charge in [-0.15, -0.1) is 0 Å². The Morgan fingerprint density at radius 2 is 1.94 bits per heavy atom. The highest BCUT2D eigenvalue weighted by molar-refractivity contribution is 6.29. The molecular formula is C13H12ClN3O. The lowest BCUT2D eigenvalue weighted by molar-refractivity contribution is 0.102. The van der Waals surface area contributed by atoms with E-state index in [0.29, 0.717) is 16.5 Å². The van der Waals surface area contributed by atoms with Crippen molar-refractivity contribution in [2.24, 2.45) is 0 Å². The van der Waals surface area contributed by atoms with Crippen LogP contribution in [-0.4, -0.2) is 17.9 Å². The number of pyridine rings is 1. The summed E-state index contributed by atoms with van der Waals surface area (Å²) in [5.74, 6) is 0.202. The fourth-order valence-electron chi connectivity index (χ4n) is 1.56. The zero-order valence-electron chi connectivity index (χ0n) is 9.77. The maximum atomic E-state index is 12.1. The number of rotatable bonds is 3. The molecular weight excluding hydrogens is 250 g/mol. The second-order valence-electron chi connectivity index (χ2n) is 3.60. The highest BCUT2D eigenvalue weighted by Gasteiger charge is 2.10. The molecule has 0 unspecified atom stereocenters. The van der Waals surface area contributed by atoms with Gasteiger partial charge in [0.1, 0.15) is 11.0 Å². The summed E-state index contributed by atoms with van der Waals surface area (Å²) in [5.41, 5.74) is 1.32. The summed E-state index contributed by atoms with van der Waals surface area (Å²) in [4.78, 5) is 16.1. The van der Waals surface area contributed by atoms with E-state index in [1.165, 1.54) is 0 Å². The van der Waals surface area contributed by atoms with Crippen LogP contribution in [0.15, 0.2) is 42.5 Å². The van der Waals surface area contributed by atoms with Crippen LogP contribution in [-0.2, 0) is 0 Å². The number of para-hydroxylation sites is 1. The molecule has 0 radical (unpaired) electrons. The molecule has 0 saturated heterocycles. The van der Waals surface area contributed by atoms with Gasteiger partial charge in [-0.25, -0.2) is 4.98 Å². The summed E-state index contributed by atoms with van der Waals surface area (Å²) < 4.78 is 0. The first kappa shape index (κ1) is 12.4. The summed E-state index contributed by atoms with van der Waals surface area (Å²) in [6, 6.07) is 12.3. The smallest absolute Gasteiger partial charge is 0.258 e. The van der Waals surface area contributed by atoms with Crippen LogP contribution in [0.5, 0.6) is 0 Å². The quantitative estimate of drug-likeness (QED) is 0.835. The molecule has 4 nitrogen and oxygen atoms in total. The largest absolute Gasteiger partial charge is 0.387 e. The van der Waals surface area contributed by atoms with Crippen LogP contribution >= 0.6 is 11.6 Å². The first-order chi connectivity index (χ1) is 8.70. The van der Waals surface area contributed by atoms with Crippen LogP contribution in [0.25, 0.3) is 0 Å². The van der Waals surface area contributed by atoms with Crippen LogP contribution in [0, 0.1) is 0 Å². The van der Waals surface area contributed by atoms with Crippen molar-refractivity contribution in [2.75, 3.05) is 17.7 Å². The Morgan fingerprint density at radius 3 is 2.67 bits per heavy atom. The van der Waals surface area contributed by atoms with Crippen molar-refractivity contribution in [1.29, 1.82) is 0 Å². The van der Waals surface area contributed by atoms with E-state index in [1.807, 2.05) is 12.1 Å². The molecule has 1 aromatic heterocycles. The van der Waals surface area contributed by atoms with Gasteiger partial charge in [0, 0.05) is 12.7 Å². The van der Waals surface area contributed by atoms with Crippen molar-refractivity contribution in [3.63, 3.8) is 0 Å². The number of amides is 1. The van der Waals surface area contributed by atoms with Gasteiger partial charge in [-0.05, 0) is 24.3 Å². The normalized spacial score (nSPS) is 9.89. The fraction of sp³-hybridized carbons (Fsp3) is 0.0769. The van der Waals surface area contributed by atoms with E-state index < -0.39 is 0 Å². The third-order valence-electron chi connectivity index (χ3n) is 2.40. The van der Waals surface area contributed by atoms with Gasteiger partial charge in [0.15, 0.2) is 0 Å². The number of carbonyl (C=O) groups excluding carboxylic acids is 1. The minimum absolute atomic E-state index is 0.227. The van der Waals surface area contributed by atoms with Crippen molar-refractivity contribution in [3.8, 4) is 0 Å². The Kier molecular flexibility index (Phi) is 3.79. The zero-order chi connectivity index (χ0) is 13.0. The molecule has 0 aliphatic heterocycles. The second kappa shape index (κ2) is 5.51. The summed E-state index contributed by atoms with van der Waals surface area (Å²) in [6.07, 6.45) is 0. The van der Waals surface area contributed by atoms with Crippen molar-refractivity contribution < 1.29 is 4.79 Å². The van der Waals surface area contributed by atoms with Gasteiger partial charge in [0.05, 0.1) is 5.56 Å². The van der Waals surface area contributed by atoms with Gasteiger partial charge in [0.25, 0.3) is 5.91 Å². The summed E-state index contributed by atoms with van der Waals surface area (Å²) >= 11 is 5.76. The average molecular weight is 262 g/mol. The van der Waals surface area contributed by atoms with Gasteiger partial charge in [-0.2, -0.15) is 0 Å². The lowest BCUT2D eigenvalue weighted by Gasteiger charge is -2.09. The van der Waals surface area contributed by atoms with Crippen molar-refractivity contribution >= 4 is 29.0 Å². The Hall–Kier alpha value is -2.07. The molecule has 1 amide bonds. The standard InChI is InChI=1S/C13H12ClN3O/c1-15-10-6-3-2-5-9(10)13(18)17-12-8-4-7-11(14)16-12/h2-8,15H,1H3,(H,16,17,18). The van der Waals surface area contributed by atoms with Crippen LogP contribution in [0.3, 0.4) is 0 Å². The molecule has 92 valence electrons. The predicted molar refractivity (Wildman–Crippen MR) is 73.2 cm³/mol. The highest BCUT2D eigenvalue weighted by Crippen LogP contribution is 2.16. The number of carbonyl (C=O) groups is 1. The number of halogens is 1. The number of nitrogens with one attached hydrogen (secondary N) is 2. The van der Waals surface area contributed by atoms with Crippen molar-refractivity contribution in [2.45, 2.75) is 0 Å². The van der Waals surface area contributed by atoms with Crippen LogP contribution in [0.1, 0.15) is 10.4 Å². The van der Waals surface area contributed by atoms with Crippen molar-refractivity contribution in [3.05, 3.63) is 53.2 Å². The van der Waals surface area contributed by atoms with Gasteiger partial charge < -0.3 is 10.6 Å². The van der Waals surface area contributed by atoms with Gasteiger partial charge in [-0.3, -0.25) is 4.79 Å². The lowest BCUT2D eigenvalue weighted by atomic mass is 10.1. The number of nitrogens with zero attached hydrogens (tertiary/aromatic N) is 1. The minimum atomic E-state index is -0.227. The third-order valence-corrected chi connectivity index (χ3v) is 2.61. The summed E-state index contributed by atoms with van der Waals surface area (Å²) in [5, 5.41) is 6.01. The number of benzene rings is 1. The average Bonchev–Trinajstić information content (AvgIpc) is 2.38. The third kappa shape index (κ3) is 2.78. The highest BCUT2D eigenvalue weighted by atomic mass is 35.5. The summed E-state index contributed by atoms with van der Waals surface area (Å²) in [6.45, 7) is 0. The van der Waals surface area contributed by atoms with Gasteiger partial charge in [0.2, 0.25) is 0 Å². The molecule has 18 heavy (non-hydrogen) atoms. The van der Waals surface area contributed by atoms with E-state index in [0.717, 1.165) is 5.69 Å². The first-order valence-electron chi connectivity index (χ1n) is 5.41. The number of aromatic nitrogens is 1. The molecule has 1 aromatic carbocycles. The van der Waals surface area contributed by atoms with Crippen LogP contribution < -0.4 is 10.6 Å². The van der Waals surface area contributed by atoms with Gasteiger partial charge in [-0.1, -0.05) is 29.8 Å². The Bertz CT molecular complexity index is 572. The lowest BCUT2D eigenvalue weighted by Crippen LogP contribution is -2.14. The van der Waals surface area contributed by atoms with Crippen LogP contribution in [0.4, 0.5) is 11.5 Å². The topological polar surface area (TPSA) is 54.0 Å². The predicted octanol–water partition coefficient (Wildman–Crippen LogP) is 3.03. The summed E-state index contributed by atoms with van der Waals surface area (Å²) in [7, 11) is 1.77. The van der Waals surface area contributed by atoms with Crippen molar-refractivity contribution in [1.82, 2.24) is 4.98 Å². The van der Waals surface area contributed by atoms with E-state index >= 15 is 0 Å². The maximum Gasteiger partial charge on any atom is 0.258 e. The molecule has 0 saturated carbocycles. The SMILES string of the molecule is CNc1ccccc1C(=O)Nc1cccc(Cl)n1.